The van der Waals surface area contributed by atoms with Crippen LogP contribution in [0.1, 0.15) is 0 Å². The van der Waals surface area contributed by atoms with Crippen molar-refractivity contribution in [3.8, 4) is 23.8 Å². The molecule has 0 saturated heterocycles. The molecule has 1 atom stereocenters. The maximum Gasteiger partial charge on any atom is 0.419 e. The molecule has 0 bridgehead atoms. The van der Waals surface area contributed by atoms with Gasteiger partial charge in [0, 0.05) is 12.1 Å². The highest BCUT2D eigenvalue weighted by Gasteiger charge is 2.31. The largest absolute Gasteiger partial charge is 0.446 e. The molecule has 11 nitrogen and oxygen atoms in total. The SMILES string of the molecule is C#CC[N+](C)(C(N)=O)c1ccc(Oc2cnc([N+](=O)[O-])cc2[N+](=O)[O-])cc1. The number of primary amides is 1. The summed E-state index contributed by atoms with van der Waals surface area (Å²) in [5, 5.41) is 21.8. The normalized spacial score (nSPS) is 12.4. The molecule has 2 rings (SSSR count). The summed E-state index contributed by atoms with van der Waals surface area (Å²) in [6.07, 6.45) is 6.18. The number of hydrogen-bond acceptors (Lipinski definition) is 7. The predicted octanol–water partition coefficient (Wildman–Crippen LogP) is 2.34. The van der Waals surface area contributed by atoms with E-state index in [1.54, 1.807) is 7.05 Å². The molecule has 0 aliphatic carbocycles. The molecule has 1 aromatic carbocycles. The number of nitrogens with zero attached hydrogens (tertiary/aromatic N) is 4. The van der Waals surface area contributed by atoms with Crippen molar-refractivity contribution in [1.29, 1.82) is 0 Å². The van der Waals surface area contributed by atoms with Gasteiger partial charge < -0.3 is 20.6 Å². The van der Waals surface area contributed by atoms with Crippen LogP contribution in [-0.4, -0.2) is 34.5 Å². The van der Waals surface area contributed by atoms with E-state index in [9.17, 15) is 25.0 Å². The number of terminal acetylenes is 1. The molecule has 0 aliphatic heterocycles. The van der Waals surface area contributed by atoms with Crippen molar-refractivity contribution in [1.82, 2.24) is 9.47 Å². The van der Waals surface area contributed by atoms with Gasteiger partial charge in [0.15, 0.2) is 12.7 Å². The zero-order valence-electron chi connectivity index (χ0n) is 14.1. The average molecular weight is 372 g/mol. The van der Waals surface area contributed by atoms with E-state index in [1.807, 2.05) is 0 Å². The molecule has 0 radical (unpaired) electrons. The predicted molar refractivity (Wildman–Crippen MR) is 95.1 cm³/mol. The first-order chi connectivity index (χ1) is 12.7. The van der Waals surface area contributed by atoms with E-state index in [-0.39, 0.29) is 22.5 Å². The van der Waals surface area contributed by atoms with Crippen LogP contribution in [0.25, 0.3) is 0 Å². The van der Waals surface area contributed by atoms with Gasteiger partial charge in [-0.25, -0.2) is 9.28 Å². The first-order valence-electron chi connectivity index (χ1n) is 7.35. The lowest BCUT2D eigenvalue weighted by Crippen LogP contribution is -2.54. The zero-order chi connectivity index (χ0) is 20.2. The van der Waals surface area contributed by atoms with Crippen molar-refractivity contribution in [2.24, 2.45) is 5.73 Å². The van der Waals surface area contributed by atoms with Crippen LogP contribution < -0.4 is 15.0 Å². The van der Waals surface area contributed by atoms with Gasteiger partial charge in [0.1, 0.15) is 17.5 Å². The van der Waals surface area contributed by atoms with Crippen LogP contribution in [0.5, 0.6) is 11.5 Å². The molecule has 1 heterocycles. The summed E-state index contributed by atoms with van der Waals surface area (Å²) < 4.78 is 5.07. The minimum atomic E-state index is -0.848. The first-order valence-corrected chi connectivity index (χ1v) is 7.35. The van der Waals surface area contributed by atoms with Gasteiger partial charge in [-0.15, -0.1) is 6.42 Å². The van der Waals surface area contributed by atoms with Gasteiger partial charge in [0.05, 0.1) is 12.0 Å². The third-order valence-electron chi connectivity index (χ3n) is 3.74. The monoisotopic (exact) mass is 372 g/mol. The second-order valence-electron chi connectivity index (χ2n) is 5.51. The Bertz CT molecular complexity index is 953. The Balaban J connectivity index is 2.35. The molecule has 11 heteroatoms. The van der Waals surface area contributed by atoms with Crippen molar-refractivity contribution in [2.45, 2.75) is 0 Å². The van der Waals surface area contributed by atoms with Gasteiger partial charge in [-0.3, -0.25) is 10.1 Å². The maximum atomic E-state index is 11.7. The number of nitro groups is 2. The third kappa shape index (κ3) is 3.97. The molecule has 2 amide bonds. The highest BCUT2D eigenvalue weighted by atomic mass is 16.6. The molecule has 2 aromatic rings. The second kappa shape index (κ2) is 7.46. The Morgan fingerprint density at radius 2 is 1.93 bits per heavy atom. The highest BCUT2D eigenvalue weighted by Crippen LogP contribution is 2.34. The number of benzene rings is 1. The second-order valence-corrected chi connectivity index (χ2v) is 5.51. The molecule has 2 N–H and O–H groups in total. The van der Waals surface area contributed by atoms with Crippen molar-refractivity contribution in [3.63, 3.8) is 0 Å². The number of rotatable bonds is 6. The number of ether oxygens (including phenoxy) is 1. The van der Waals surface area contributed by atoms with Gasteiger partial charge in [0.2, 0.25) is 5.75 Å². The van der Waals surface area contributed by atoms with Crippen LogP contribution >= 0.6 is 0 Å². The summed E-state index contributed by atoms with van der Waals surface area (Å²) in [7, 11) is 1.54. The number of urea groups is 1. The van der Waals surface area contributed by atoms with Crippen LogP contribution in [0.15, 0.2) is 36.5 Å². The Morgan fingerprint density at radius 3 is 2.41 bits per heavy atom. The smallest absolute Gasteiger partial charge is 0.419 e. The maximum absolute atomic E-state index is 11.7. The Labute approximate surface area is 152 Å². The van der Waals surface area contributed by atoms with Gasteiger partial charge in [-0.05, 0) is 28.0 Å². The number of amides is 2. The summed E-state index contributed by atoms with van der Waals surface area (Å²) in [5.41, 5.74) is 5.29. The van der Waals surface area contributed by atoms with Crippen LogP contribution in [0, 0.1) is 32.6 Å². The topological polar surface area (TPSA) is 151 Å². The lowest BCUT2D eigenvalue weighted by atomic mass is 10.2. The highest BCUT2D eigenvalue weighted by molar-refractivity contribution is 5.85. The summed E-state index contributed by atoms with van der Waals surface area (Å²) in [6.45, 7) is 0.0350. The minimum absolute atomic E-state index is 0.0350. The zero-order valence-corrected chi connectivity index (χ0v) is 14.1. The number of pyridine rings is 1. The van der Waals surface area contributed by atoms with Gasteiger partial charge in [-0.2, -0.15) is 0 Å². The van der Waals surface area contributed by atoms with Crippen LogP contribution in [-0.2, 0) is 0 Å². The molecular weight excluding hydrogens is 358 g/mol. The molecule has 1 unspecified atom stereocenters. The molecule has 0 aliphatic rings. The van der Waals surface area contributed by atoms with E-state index in [0.717, 1.165) is 6.20 Å². The fourth-order valence-electron chi connectivity index (χ4n) is 2.19. The fourth-order valence-corrected chi connectivity index (χ4v) is 2.19. The van der Waals surface area contributed by atoms with Crippen LogP contribution in [0.3, 0.4) is 0 Å². The van der Waals surface area contributed by atoms with Crippen LogP contribution in [0.2, 0.25) is 0 Å². The van der Waals surface area contributed by atoms with Crippen LogP contribution in [0.4, 0.5) is 22.0 Å². The number of nitrogens with two attached hydrogens (primary N) is 1. The summed E-state index contributed by atoms with van der Waals surface area (Å²) in [6, 6.07) is 6.02. The lowest BCUT2D eigenvalue weighted by Gasteiger charge is -2.26. The first kappa shape index (κ1) is 19.3. The Hall–Kier alpha value is -4.04. The molecule has 1 aromatic heterocycles. The van der Waals surface area contributed by atoms with E-state index in [1.165, 1.54) is 24.3 Å². The Morgan fingerprint density at radius 1 is 1.30 bits per heavy atom. The summed E-state index contributed by atoms with van der Waals surface area (Å²) >= 11 is 0. The van der Waals surface area contributed by atoms with E-state index >= 15 is 0 Å². The van der Waals surface area contributed by atoms with Gasteiger partial charge >= 0.3 is 17.5 Å². The molecule has 0 spiro atoms. The number of hydrogen-bond donors (Lipinski definition) is 1. The van der Waals surface area contributed by atoms with Gasteiger partial charge in [-0.1, -0.05) is 0 Å². The molecular formula is C16H14N5O6+. The third-order valence-corrected chi connectivity index (χ3v) is 3.74. The number of quaternary nitrogens is 1. The quantitative estimate of drug-likeness (QED) is 0.353. The van der Waals surface area contributed by atoms with Gasteiger partial charge in [0.25, 0.3) is 0 Å². The van der Waals surface area contributed by atoms with E-state index in [4.69, 9.17) is 16.9 Å². The molecule has 0 saturated carbocycles. The molecule has 27 heavy (non-hydrogen) atoms. The minimum Gasteiger partial charge on any atom is -0.446 e. The van der Waals surface area contributed by atoms with Crippen molar-refractivity contribution in [2.75, 3.05) is 13.6 Å². The van der Waals surface area contributed by atoms with Crippen molar-refractivity contribution >= 4 is 23.2 Å². The van der Waals surface area contributed by atoms with E-state index in [0.29, 0.717) is 11.8 Å². The lowest BCUT2D eigenvalue weighted by molar-refractivity contribution is -0.397. The molecule has 0 fully saturated rings. The number of aromatic nitrogens is 1. The standard InChI is InChI=1S/C16H13N5O6/c1-3-8-21(2,16(17)22)11-4-6-12(7-5-11)27-14-10-18-15(20(25)26)9-13(14)19(23)24/h1,4-7,9-10H,8H2,2H3,(H-,17,22)/p+1. The molecule has 138 valence electrons. The fraction of sp³-hybridized carbons (Fsp3) is 0.125. The summed E-state index contributed by atoms with van der Waals surface area (Å²) in [4.78, 5) is 35.4. The van der Waals surface area contributed by atoms with E-state index < -0.39 is 27.4 Å². The van der Waals surface area contributed by atoms with E-state index in [2.05, 4.69) is 10.9 Å². The number of carbonyl (C=O) groups is 1. The number of carbonyl (C=O) groups excluding carboxylic acids is 1. The average Bonchev–Trinajstić information content (AvgIpc) is 2.62. The Kier molecular flexibility index (Phi) is 5.33. The summed E-state index contributed by atoms with van der Waals surface area (Å²) in [5.74, 6) is 1.63. The van der Waals surface area contributed by atoms with Crippen molar-refractivity contribution in [3.05, 3.63) is 56.8 Å². The van der Waals surface area contributed by atoms with Crippen molar-refractivity contribution < 1.29 is 19.4 Å².